The second-order valence-corrected chi connectivity index (χ2v) is 10.5. The lowest BCUT2D eigenvalue weighted by Gasteiger charge is -2.29. The fraction of sp³-hybridized carbons (Fsp3) is 0.435. The van der Waals surface area contributed by atoms with E-state index in [1.807, 2.05) is 24.3 Å². The quantitative estimate of drug-likeness (QED) is 0.549. The summed E-state index contributed by atoms with van der Waals surface area (Å²) in [5.74, 6) is -0.414. The van der Waals surface area contributed by atoms with Gasteiger partial charge in [-0.15, -0.1) is 0 Å². The second-order valence-electron chi connectivity index (χ2n) is 7.72. The lowest BCUT2D eigenvalue weighted by Crippen LogP contribution is -2.37. The lowest BCUT2D eigenvalue weighted by atomic mass is 10.0. The van der Waals surface area contributed by atoms with Gasteiger partial charge in [-0.25, -0.2) is 8.42 Å². The zero-order valence-electron chi connectivity index (χ0n) is 18.4. The molecule has 1 heterocycles. The number of rotatable bonds is 9. The molecule has 1 N–H and O–H groups in total. The first kappa shape index (κ1) is 25.0. The minimum absolute atomic E-state index is 0.0537. The van der Waals surface area contributed by atoms with Crippen LogP contribution in [0.2, 0.25) is 10.0 Å². The predicted molar refractivity (Wildman–Crippen MR) is 129 cm³/mol. The van der Waals surface area contributed by atoms with Crippen molar-refractivity contribution in [2.45, 2.75) is 37.6 Å². The van der Waals surface area contributed by atoms with Crippen LogP contribution in [0, 0.1) is 0 Å². The Morgan fingerprint density at radius 1 is 1.06 bits per heavy atom. The van der Waals surface area contributed by atoms with Crippen molar-refractivity contribution in [3.8, 4) is 0 Å². The third-order valence-corrected chi connectivity index (χ3v) is 8.55. The average molecular weight is 498 g/mol. The highest BCUT2D eigenvalue weighted by Crippen LogP contribution is 2.30. The van der Waals surface area contributed by atoms with E-state index >= 15 is 0 Å². The van der Waals surface area contributed by atoms with Crippen molar-refractivity contribution in [2.24, 2.45) is 0 Å². The number of sulfonamides is 1. The van der Waals surface area contributed by atoms with Crippen molar-refractivity contribution in [2.75, 3.05) is 32.7 Å². The molecule has 2 aromatic carbocycles. The van der Waals surface area contributed by atoms with Gasteiger partial charge in [0.15, 0.2) is 0 Å². The molecule has 0 saturated carbocycles. The van der Waals surface area contributed by atoms with E-state index < -0.39 is 15.9 Å². The zero-order chi connectivity index (χ0) is 23.3. The molecule has 1 aliphatic rings. The van der Waals surface area contributed by atoms with Crippen LogP contribution in [0.1, 0.15) is 48.7 Å². The minimum atomic E-state index is -3.70. The van der Waals surface area contributed by atoms with Gasteiger partial charge in [-0.1, -0.05) is 55.2 Å². The number of hydrogen-bond donors (Lipinski definition) is 1. The first-order valence-corrected chi connectivity index (χ1v) is 13.1. The van der Waals surface area contributed by atoms with Crippen LogP contribution in [0.3, 0.4) is 0 Å². The Morgan fingerprint density at radius 3 is 2.34 bits per heavy atom. The number of halogens is 2. The zero-order valence-corrected chi connectivity index (χ0v) is 20.7. The third kappa shape index (κ3) is 5.46. The molecule has 32 heavy (non-hydrogen) atoms. The average Bonchev–Trinajstić information content (AvgIpc) is 3.30. The number of carbonyl (C=O) groups excluding carboxylic acids is 1. The fourth-order valence-corrected chi connectivity index (χ4v) is 6.02. The lowest BCUT2D eigenvalue weighted by molar-refractivity contribution is 0.0938. The summed E-state index contributed by atoms with van der Waals surface area (Å²) in [5, 5.41) is 3.81. The van der Waals surface area contributed by atoms with Gasteiger partial charge in [-0.2, -0.15) is 4.31 Å². The maximum Gasteiger partial charge on any atom is 0.252 e. The summed E-state index contributed by atoms with van der Waals surface area (Å²) in [6, 6.07) is 11.8. The summed E-state index contributed by atoms with van der Waals surface area (Å²) >= 11 is 12.7. The first-order valence-electron chi connectivity index (χ1n) is 10.9. The van der Waals surface area contributed by atoms with Gasteiger partial charge in [0.05, 0.1) is 21.5 Å². The summed E-state index contributed by atoms with van der Waals surface area (Å²) in [6.07, 6.45) is 2.21. The Labute approximate surface area is 200 Å². The number of nitrogens with one attached hydrogen (secondary N) is 1. The van der Waals surface area contributed by atoms with E-state index in [2.05, 4.69) is 10.2 Å². The highest BCUT2D eigenvalue weighted by atomic mass is 35.5. The van der Waals surface area contributed by atoms with Crippen LogP contribution in [-0.2, 0) is 10.0 Å². The Hall–Kier alpha value is -1.64. The molecule has 2 aromatic rings. The van der Waals surface area contributed by atoms with Crippen molar-refractivity contribution in [3.63, 3.8) is 0 Å². The van der Waals surface area contributed by atoms with Crippen LogP contribution in [0.25, 0.3) is 0 Å². The molecule has 3 rings (SSSR count). The van der Waals surface area contributed by atoms with Gasteiger partial charge >= 0.3 is 0 Å². The number of amides is 1. The maximum absolute atomic E-state index is 13.0. The Bertz CT molecular complexity index is 1050. The molecule has 0 radical (unpaired) electrons. The molecule has 1 saturated heterocycles. The topological polar surface area (TPSA) is 69.7 Å². The molecule has 1 amide bonds. The molecule has 1 fully saturated rings. The standard InChI is InChI=1S/C23H29Cl2N3O3S/c1-3-28(4-2)32(30,31)17-11-12-21(25)19(15-17)23(29)26-16-22(27-13-7-8-14-27)18-9-5-6-10-20(18)24/h5-6,9-12,15,22H,3-4,7-8,13-14,16H2,1-2H3,(H,26,29). The van der Waals surface area contributed by atoms with Crippen molar-refractivity contribution < 1.29 is 13.2 Å². The van der Waals surface area contributed by atoms with Gasteiger partial charge < -0.3 is 5.32 Å². The third-order valence-electron chi connectivity index (χ3n) is 5.83. The smallest absolute Gasteiger partial charge is 0.252 e. The fourth-order valence-electron chi connectivity index (χ4n) is 4.07. The second kappa shape index (κ2) is 11.0. The van der Waals surface area contributed by atoms with Gasteiger partial charge in [0, 0.05) is 24.7 Å². The minimum Gasteiger partial charge on any atom is -0.350 e. The highest BCUT2D eigenvalue weighted by Gasteiger charge is 2.27. The van der Waals surface area contributed by atoms with Gasteiger partial charge in [-0.3, -0.25) is 9.69 Å². The van der Waals surface area contributed by atoms with E-state index in [4.69, 9.17) is 23.2 Å². The van der Waals surface area contributed by atoms with E-state index in [1.165, 1.54) is 22.5 Å². The number of likely N-dealkylation sites (tertiary alicyclic amines) is 1. The van der Waals surface area contributed by atoms with Crippen molar-refractivity contribution in [3.05, 3.63) is 63.6 Å². The molecule has 0 aromatic heterocycles. The highest BCUT2D eigenvalue weighted by molar-refractivity contribution is 7.89. The van der Waals surface area contributed by atoms with Gasteiger partial charge in [0.1, 0.15) is 0 Å². The predicted octanol–water partition coefficient (Wildman–Crippen LogP) is 4.59. The molecule has 1 aliphatic heterocycles. The molecule has 0 aliphatic carbocycles. The van der Waals surface area contributed by atoms with Crippen molar-refractivity contribution in [1.82, 2.24) is 14.5 Å². The SMILES string of the molecule is CCN(CC)S(=O)(=O)c1ccc(Cl)c(C(=O)NCC(c2ccccc2Cl)N2CCCC2)c1. The summed E-state index contributed by atoms with van der Waals surface area (Å²) in [7, 11) is -3.70. The van der Waals surface area contributed by atoms with Crippen LogP contribution in [0.15, 0.2) is 47.4 Å². The van der Waals surface area contributed by atoms with Crippen molar-refractivity contribution in [1.29, 1.82) is 0 Å². The van der Waals surface area contributed by atoms with Gasteiger partial charge in [0.2, 0.25) is 10.0 Å². The summed E-state index contributed by atoms with van der Waals surface area (Å²) in [5.41, 5.74) is 1.10. The largest absolute Gasteiger partial charge is 0.350 e. The number of hydrogen-bond acceptors (Lipinski definition) is 4. The molecule has 1 unspecified atom stereocenters. The molecule has 0 bridgehead atoms. The van der Waals surface area contributed by atoms with Crippen molar-refractivity contribution >= 4 is 39.1 Å². The Balaban J connectivity index is 1.83. The molecule has 1 atom stereocenters. The van der Waals surface area contributed by atoms with Crippen LogP contribution in [-0.4, -0.2) is 56.3 Å². The van der Waals surface area contributed by atoms with Crippen LogP contribution < -0.4 is 5.32 Å². The van der Waals surface area contributed by atoms with Crippen LogP contribution in [0.4, 0.5) is 0 Å². The maximum atomic E-state index is 13.0. The summed E-state index contributed by atoms with van der Waals surface area (Å²) < 4.78 is 27.1. The summed E-state index contributed by atoms with van der Waals surface area (Å²) in [4.78, 5) is 15.4. The molecular weight excluding hydrogens is 469 g/mol. The van der Waals surface area contributed by atoms with Crippen LogP contribution >= 0.6 is 23.2 Å². The van der Waals surface area contributed by atoms with Gasteiger partial charge in [-0.05, 0) is 55.8 Å². The van der Waals surface area contributed by atoms with E-state index in [0.717, 1.165) is 31.5 Å². The Kier molecular flexibility index (Phi) is 8.58. The molecular formula is C23H29Cl2N3O3S. The molecule has 0 spiro atoms. The van der Waals surface area contributed by atoms with Gasteiger partial charge in [0.25, 0.3) is 5.91 Å². The number of nitrogens with zero attached hydrogens (tertiary/aromatic N) is 2. The van der Waals surface area contributed by atoms with E-state index in [-0.39, 0.29) is 21.5 Å². The number of carbonyl (C=O) groups is 1. The molecule has 6 nitrogen and oxygen atoms in total. The number of benzene rings is 2. The first-order chi connectivity index (χ1) is 15.3. The molecule has 174 valence electrons. The van der Waals surface area contributed by atoms with E-state index in [0.29, 0.717) is 24.7 Å². The summed E-state index contributed by atoms with van der Waals surface area (Å²) in [6.45, 7) is 6.45. The van der Waals surface area contributed by atoms with E-state index in [1.54, 1.807) is 13.8 Å². The van der Waals surface area contributed by atoms with E-state index in [9.17, 15) is 13.2 Å². The Morgan fingerprint density at radius 2 is 1.72 bits per heavy atom. The van der Waals surface area contributed by atoms with Crippen LogP contribution in [0.5, 0.6) is 0 Å². The monoisotopic (exact) mass is 497 g/mol. The normalized spacial score (nSPS) is 15.8. The molecule has 9 heteroatoms.